The predicted octanol–water partition coefficient (Wildman–Crippen LogP) is 2.87. The Morgan fingerprint density at radius 1 is 1.40 bits per heavy atom. The van der Waals surface area contributed by atoms with Gasteiger partial charge in [0.1, 0.15) is 0 Å². The van der Waals surface area contributed by atoms with E-state index in [1.54, 1.807) is 6.07 Å². The lowest BCUT2D eigenvalue weighted by Gasteiger charge is -2.10. The van der Waals surface area contributed by atoms with Crippen LogP contribution < -0.4 is 5.73 Å². The molecule has 0 aliphatic rings. The highest BCUT2D eigenvalue weighted by molar-refractivity contribution is 5.99. The van der Waals surface area contributed by atoms with E-state index in [0.29, 0.717) is 12.1 Å². The van der Waals surface area contributed by atoms with Crippen LogP contribution >= 0.6 is 0 Å². The van der Waals surface area contributed by atoms with Crippen molar-refractivity contribution in [3.63, 3.8) is 0 Å². The minimum atomic E-state index is -0.860. The highest BCUT2D eigenvalue weighted by Gasteiger charge is 2.18. The lowest BCUT2D eigenvalue weighted by molar-refractivity contribution is 0.0696. The Kier molecular flexibility index (Phi) is 4.14. The number of aromatic nitrogens is 1. The molecule has 0 radical (unpaired) electrons. The molecule has 0 amide bonds. The van der Waals surface area contributed by atoms with Crippen LogP contribution in [0.4, 0.5) is 0 Å². The second-order valence-corrected chi connectivity index (χ2v) is 5.28. The van der Waals surface area contributed by atoms with Crippen molar-refractivity contribution in [1.82, 2.24) is 4.57 Å². The molecule has 1 aromatic carbocycles. The van der Waals surface area contributed by atoms with Gasteiger partial charge in [0.2, 0.25) is 0 Å². The number of carboxylic acid groups (broad SMARTS) is 1. The lowest BCUT2D eigenvalue weighted by Crippen LogP contribution is -2.09. The first-order valence-electron chi connectivity index (χ1n) is 7.06. The number of benzene rings is 1. The highest BCUT2D eigenvalue weighted by atomic mass is 16.4. The third-order valence-electron chi connectivity index (χ3n) is 3.79. The molecule has 0 saturated carbocycles. The summed E-state index contributed by atoms with van der Waals surface area (Å²) in [6, 6.07) is 1.77. The van der Waals surface area contributed by atoms with Crippen molar-refractivity contribution in [2.45, 2.75) is 40.2 Å². The molecular weight excluding hydrogens is 252 g/mol. The Morgan fingerprint density at radius 2 is 2.10 bits per heavy atom. The molecule has 0 atom stereocenters. The fourth-order valence-corrected chi connectivity index (χ4v) is 2.98. The molecular formula is C16H22N2O2. The summed E-state index contributed by atoms with van der Waals surface area (Å²) in [5, 5.41) is 10.4. The van der Waals surface area contributed by atoms with Crippen molar-refractivity contribution in [3.05, 3.63) is 34.5 Å². The van der Waals surface area contributed by atoms with E-state index in [9.17, 15) is 9.90 Å². The van der Waals surface area contributed by atoms with Gasteiger partial charge >= 0.3 is 5.97 Å². The summed E-state index contributed by atoms with van der Waals surface area (Å²) < 4.78 is 2.16. The molecule has 4 nitrogen and oxygen atoms in total. The van der Waals surface area contributed by atoms with Crippen LogP contribution in [0.2, 0.25) is 0 Å². The number of hydrogen-bond acceptors (Lipinski definition) is 2. The number of hydrogen-bond donors (Lipinski definition) is 2. The first-order chi connectivity index (χ1) is 9.51. The van der Waals surface area contributed by atoms with Gasteiger partial charge in [0.25, 0.3) is 0 Å². The Bertz CT molecular complexity index is 656. The number of nitrogens with zero attached hydrogens (tertiary/aromatic N) is 1. The summed E-state index contributed by atoms with van der Waals surface area (Å²) >= 11 is 0. The van der Waals surface area contributed by atoms with Crippen LogP contribution in [0.5, 0.6) is 0 Å². The molecule has 2 aromatic rings. The fourth-order valence-electron chi connectivity index (χ4n) is 2.98. The van der Waals surface area contributed by atoms with Crippen molar-refractivity contribution in [2.75, 3.05) is 6.54 Å². The minimum absolute atomic E-state index is 0.401. The molecule has 0 spiro atoms. The van der Waals surface area contributed by atoms with Crippen LogP contribution in [0.3, 0.4) is 0 Å². The molecule has 3 N–H and O–H groups in total. The van der Waals surface area contributed by atoms with Crippen LogP contribution in [0.1, 0.15) is 40.4 Å². The quantitative estimate of drug-likeness (QED) is 0.881. The van der Waals surface area contributed by atoms with Crippen molar-refractivity contribution in [3.8, 4) is 0 Å². The lowest BCUT2D eigenvalue weighted by atomic mass is 9.97. The molecule has 0 saturated heterocycles. The Hall–Kier alpha value is -1.81. The Balaban J connectivity index is 2.82. The first-order valence-corrected chi connectivity index (χ1v) is 7.06. The number of fused-ring (bicyclic) bond motifs is 1. The monoisotopic (exact) mass is 274 g/mol. The molecule has 0 aliphatic carbocycles. The first kappa shape index (κ1) is 14.6. The van der Waals surface area contributed by atoms with Crippen molar-refractivity contribution < 1.29 is 9.90 Å². The van der Waals surface area contributed by atoms with Crippen molar-refractivity contribution in [1.29, 1.82) is 0 Å². The van der Waals surface area contributed by atoms with Gasteiger partial charge in [-0.2, -0.15) is 0 Å². The van der Waals surface area contributed by atoms with E-state index >= 15 is 0 Å². The fraction of sp³-hybridized carbons (Fsp3) is 0.438. The smallest absolute Gasteiger partial charge is 0.335 e. The van der Waals surface area contributed by atoms with Crippen LogP contribution in [-0.2, 0) is 13.0 Å². The number of carboxylic acids is 1. The molecule has 0 bridgehead atoms. The summed E-state index contributed by atoms with van der Waals surface area (Å²) in [7, 11) is 0. The SMILES string of the molecule is CCCc1cn(CCN)c2c(C)cc(C(=O)O)c(C)c12. The maximum atomic E-state index is 11.4. The zero-order chi connectivity index (χ0) is 14.9. The number of aromatic carboxylic acids is 1. The van der Waals surface area contributed by atoms with E-state index < -0.39 is 5.97 Å². The third-order valence-corrected chi connectivity index (χ3v) is 3.79. The molecule has 0 unspecified atom stereocenters. The number of carbonyl (C=O) groups is 1. The number of nitrogens with two attached hydrogens (primary N) is 1. The highest BCUT2D eigenvalue weighted by Crippen LogP contribution is 2.31. The maximum absolute atomic E-state index is 11.4. The van der Waals surface area contributed by atoms with Gasteiger partial charge in [-0.3, -0.25) is 0 Å². The topological polar surface area (TPSA) is 68.2 Å². The Labute approximate surface area is 119 Å². The van der Waals surface area contributed by atoms with Crippen LogP contribution in [0.15, 0.2) is 12.3 Å². The van der Waals surface area contributed by atoms with Gasteiger partial charge in [-0.05, 0) is 43.0 Å². The predicted molar refractivity (Wildman–Crippen MR) is 81.4 cm³/mol. The van der Waals surface area contributed by atoms with Crippen LogP contribution in [0.25, 0.3) is 10.9 Å². The zero-order valence-corrected chi connectivity index (χ0v) is 12.4. The van der Waals surface area contributed by atoms with Crippen molar-refractivity contribution in [2.24, 2.45) is 5.73 Å². The van der Waals surface area contributed by atoms with E-state index in [1.165, 1.54) is 5.56 Å². The van der Waals surface area contributed by atoms with Crippen molar-refractivity contribution >= 4 is 16.9 Å². The maximum Gasteiger partial charge on any atom is 0.335 e. The molecule has 1 heterocycles. The number of rotatable bonds is 5. The average Bonchev–Trinajstić information content (AvgIpc) is 2.74. The van der Waals surface area contributed by atoms with E-state index in [1.807, 2.05) is 13.8 Å². The second-order valence-electron chi connectivity index (χ2n) is 5.28. The largest absolute Gasteiger partial charge is 0.478 e. The third kappa shape index (κ3) is 2.31. The van der Waals surface area contributed by atoms with Gasteiger partial charge < -0.3 is 15.4 Å². The van der Waals surface area contributed by atoms with Gasteiger partial charge in [-0.1, -0.05) is 13.3 Å². The molecule has 4 heteroatoms. The van der Waals surface area contributed by atoms with E-state index in [-0.39, 0.29) is 0 Å². The van der Waals surface area contributed by atoms with E-state index in [4.69, 9.17) is 5.73 Å². The molecule has 1 aromatic heterocycles. The van der Waals surface area contributed by atoms with E-state index in [0.717, 1.165) is 41.4 Å². The standard InChI is InChI=1S/C16H22N2O2/c1-4-5-12-9-18(7-6-17)15-10(2)8-13(16(19)20)11(3)14(12)15/h8-9H,4-7,17H2,1-3H3,(H,19,20). The Morgan fingerprint density at radius 3 is 2.65 bits per heavy atom. The molecule has 108 valence electrons. The summed E-state index contributed by atoms with van der Waals surface area (Å²) in [6.45, 7) is 7.34. The summed E-state index contributed by atoms with van der Waals surface area (Å²) in [5.41, 5.74) is 10.3. The van der Waals surface area contributed by atoms with Crippen LogP contribution in [0, 0.1) is 13.8 Å². The van der Waals surface area contributed by atoms with Gasteiger partial charge in [-0.25, -0.2) is 4.79 Å². The second kappa shape index (κ2) is 5.67. The summed E-state index contributed by atoms with van der Waals surface area (Å²) in [5.74, 6) is -0.860. The zero-order valence-electron chi connectivity index (χ0n) is 12.4. The molecule has 0 fully saturated rings. The number of aryl methyl sites for hydroxylation is 3. The average molecular weight is 274 g/mol. The molecule has 20 heavy (non-hydrogen) atoms. The van der Waals surface area contributed by atoms with Gasteiger partial charge in [0.15, 0.2) is 0 Å². The van der Waals surface area contributed by atoms with Crippen LogP contribution in [-0.4, -0.2) is 22.2 Å². The summed E-state index contributed by atoms with van der Waals surface area (Å²) in [6.07, 6.45) is 4.13. The molecule has 0 aliphatic heterocycles. The van der Waals surface area contributed by atoms with Gasteiger partial charge in [-0.15, -0.1) is 0 Å². The summed E-state index contributed by atoms with van der Waals surface area (Å²) in [4.78, 5) is 11.4. The minimum Gasteiger partial charge on any atom is -0.478 e. The van der Waals surface area contributed by atoms with E-state index in [2.05, 4.69) is 17.7 Å². The molecule has 2 rings (SSSR count). The normalized spacial score (nSPS) is 11.2. The van der Waals surface area contributed by atoms with Gasteiger partial charge in [0, 0.05) is 24.7 Å². The van der Waals surface area contributed by atoms with Gasteiger partial charge in [0.05, 0.1) is 11.1 Å².